The number of benzene rings is 3. The lowest BCUT2D eigenvalue weighted by Crippen LogP contribution is -2.51. The molecule has 7 rings (SSSR count). The van der Waals surface area contributed by atoms with Gasteiger partial charge < -0.3 is 24.8 Å². The van der Waals surface area contributed by atoms with Crippen LogP contribution in [0.25, 0.3) is 10.9 Å². The summed E-state index contributed by atoms with van der Waals surface area (Å²) in [6, 6.07) is 18.3. The lowest BCUT2D eigenvalue weighted by atomic mass is 9.89. The fraction of sp³-hybridized carbons (Fsp3) is 0.405. The molecule has 0 radical (unpaired) electrons. The van der Waals surface area contributed by atoms with Crippen LogP contribution in [0.1, 0.15) is 53.9 Å². The first kappa shape index (κ1) is 31.7. The van der Waals surface area contributed by atoms with Crippen LogP contribution in [0.4, 0.5) is 19.7 Å². The molecule has 2 N–H and O–H groups in total. The number of rotatable bonds is 6. The number of nitrogens with zero attached hydrogens (tertiary/aromatic N) is 4. The molecule has 3 aliphatic heterocycles. The van der Waals surface area contributed by atoms with Crippen LogP contribution in [0, 0.1) is 12.7 Å². The monoisotopic (exact) mass is 652 g/mol. The van der Waals surface area contributed by atoms with Crippen LogP contribution >= 0.6 is 0 Å². The first-order valence-corrected chi connectivity index (χ1v) is 16.9. The number of ether oxygens (including phenoxy) is 1. The smallest absolute Gasteiger partial charge is 0.410 e. The molecule has 3 aromatic carbocycles. The molecule has 0 bridgehead atoms. The number of nitrogens with one attached hydrogen (secondary N) is 2. The number of piperidine rings is 2. The molecule has 48 heavy (non-hydrogen) atoms. The van der Waals surface area contributed by atoms with Gasteiger partial charge in [0.15, 0.2) is 6.10 Å². The van der Waals surface area contributed by atoms with Crippen molar-refractivity contribution in [1.82, 2.24) is 24.9 Å². The summed E-state index contributed by atoms with van der Waals surface area (Å²) >= 11 is 0. The summed E-state index contributed by atoms with van der Waals surface area (Å²) in [6.07, 6.45) is 4.03. The zero-order valence-corrected chi connectivity index (χ0v) is 27.2. The Morgan fingerprint density at radius 3 is 2.46 bits per heavy atom. The second-order valence-electron chi connectivity index (χ2n) is 13.2. The van der Waals surface area contributed by atoms with Gasteiger partial charge in [0.05, 0.1) is 11.7 Å². The van der Waals surface area contributed by atoms with Crippen molar-refractivity contribution in [3.8, 4) is 0 Å². The van der Waals surface area contributed by atoms with Gasteiger partial charge in [0, 0.05) is 56.3 Å². The molecule has 4 heterocycles. The normalized spacial score (nSPS) is 18.3. The third-order valence-electron chi connectivity index (χ3n) is 10.2. The molecule has 1 atom stereocenters. The molecule has 1 aromatic heterocycles. The predicted octanol–water partition coefficient (Wildman–Crippen LogP) is 6.02. The van der Waals surface area contributed by atoms with Crippen LogP contribution < -0.4 is 5.32 Å². The number of urea groups is 1. The highest BCUT2D eigenvalue weighted by Crippen LogP contribution is 2.30. The maximum absolute atomic E-state index is 14.0. The molecule has 4 aromatic rings. The zero-order valence-electron chi connectivity index (χ0n) is 27.2. The van der Waals surface area contributed by atoms with Crippen molar-refractivity contribution in [2.75, 3.05) is 38.0 Å². The largest absolute Gasteiger partial charge is 0.436 e. The van der Waals surface area contributed by atoms with E-state index in [1.807, 2.05) is 60.4 Å². The number of hydrogen-bond acceptors (Lipinski definition) is 5. The number of H-pyrrole nitrogens is 1. The van der Waals surface area contributed by atoms with E-state index in [2.05, 4.69) is 15.5 Å². The van der Waals surface area contributed by atoms with Gasteiger partial charge in [-0.3, -0.25) is 9.89 Å². The van der Waals surface area contributed by atoms with E-state index in [-0.39, 0.29) is 36.1 Å². The average Bonchev–Trinajstić information content (AvgIpc) is 3.52. The highest BCUT2D eigenvalue weighted by atomic mass is 19.1. The number of para-hydroxylation sites is 1. The number of carbonyl (C=O) groups is 3. The summed E-state index contributed by atoms with van der Waals surface area (Å²) < 4.78 is 19.6. The Morgan fingerprint density at radius 2 is 1.69 bits per heavy atom. The van der Waals surface area contributed by atoms with Crippen LogP contribution in [-0.2, 0) is 22.4 Å². The van der Waals surface area contributed by atoms with E-state index >= 15 is 0 Å². The Morgan fingerprint density at radius 1 is 0.958 bits per heavy atom. The van der Waals surface area contributed by atoms with Crippen LogP contribution in [0.3, 0.4) is 0 Å². The van der Waals surface area contributed by atoms with E-state index in [4.69, 9.17) is 4.74 Å². The Hall–Kier alpha value is -4.93. The van der Waals surface area contributed by atoms with E-state index in [9.17, 15) is 18.8 Å². The van der Waals surface area contributed by atoms with Gasteiger partial charge in [-0.1, -0.05) is 36.4 Å². The average molecular weight is 653 g/mol. The van der Waals surface area contributed by atoms with E-state index in [0.717, 1.165) is 58.1 Å². The maximum Gasteiger partial charge on any atom is 0.410 e. The summed E-state index contributed by atoms with van der Waals surface area (Å²) in [6.45, 7) is 4.53. The number of aromatic nitrogens is 2. The van der Waals surface area contributed by atoms with Crippen molar-refractivity contribution in [2.45, 2.75) is 63.5 Å². The van der Waals surface area contributed by atoms with Crippen molar-refractivity contribution in [2.24, 2.45) is 0 Å². The molecule has 10 nitrogen and oxygen atoms in total. The molecule has 3 aliphatic rings. The molecule has 2 fully saturated rings. The van der Waals surface area contributed by atoms with Gasteiger partial charge in [-0.15, -0.1) is 0 Å². The lowest BCUT2D eigenvalue weighted by Gasteiger charge is -2.38. The summed E-state index contributed by atoms with van der Waals surface area (Å²) in [5.41, 5.74) is 5.86. The molecule has 0 aliphatic carbocycles. The Labute approximate surface area is 279 Å². The number of fused-ring (bicyclic) bond motifs is 2. The highest BCUT2D eigenvalue weighted by Gasteiger charge is 2.35. The van der Waals surface area contributed by atoms with Crippen molar-refractivity contribution < 1.29 is 23.5 Å². The third kappa shape index (κ3) is 6.72. The molecular formula is C37H41FN6O4. The molecule has 2 saturated heterocycles. The van der Waals surface area contributed by atoms with E-state index in [0.29, 0.717) is 45.6 Å². The molecule has 0 saturated carbocycles. The Kier molecular flexibility index (Phi) is 9.01. The fourth-order valence-corrected chi connectivity index (χ4v) is 7.49. The first-order valence-electron chi connectivity index (χ1n) is 16.9. The number of halogens is 1. The van der Waals surface area contributed by atoms with Crippen molar-refractivity contribution in [1.29, 1.82) is 0 Å². The summed E-state index contributed by atoms with van der Waals surface area (Å²) in [4.78, 5) is 46.1. The van der Waals surface area contributed by atoms with Gasteiger partial charge in [0.2, 0.25) is 0 Å². The van der Waals surface area contributed by atoms with E-state index < -0.39 is 12.2 Å². The fourth-order valence-electron chi connectivity index (χ4n) is 7.49. The van der Waals surface area contributed by atoms with Gasteiger partial charge in [0.1, 0.15) is 5.82 Å². The number of anilines is 1. The number of aromatic amines is 1. The van der Waals surface area contributed by atoms with Crippen molar-refractivity contribution in [3.63, 3.8) is 0 Å². The summed E-state index contributed by atoms with van der Waals surface area (Å²) in [5, 5.41) is 11.1. The minimum absolute atomic E-state index is 0.00727. The molecule has 250 valence electrons. The van der Waals surface area contributed by atoms with Crippen molar-refractivity contribution >= 4 is 34.6 Å². The van der Waals surface area contributed by atoms with E-state index in [1.54, 1.807) is 16.0 Å². The molecular weight excluding hydrogens is 611 g/mol. The van der Waals surface area contributed by atoms with Gasteiger partial charge >= 0.3 is 12.1 Å². The minimum Gasteiger partial charge on any atom is -0.436 e. The first-order chi connectivity index (χ1) is 23.3. The number of amides is 4. The topological polar surface area (TPSA) is 111 Å². The number of likely N-dealkylation sites (tertiary alicyclic amines) is 2. The van der Waals surface area contributed by atoms with Gasteiger partial charge in [-0.05, 0) is 91.5 Å². The van der Waals surface area contributed by atoms with Gasteiger partial charge in [-0.2, -0.15) is 5.10 Å². The van der Waals surface area contributed by atoms with Crippen LogP contribution in [0.5, 0.6) is 0 Å². The highest BCUT2D eigenvalue weighted by molar-refractivity contribution is 5.91. The minimum atomic E-state index is -0.990. The maximum atomic E-state index is 14.0. The SMILES string of the molecule is Cc1cc(CC(OC(=O)N2CCC(N3CCc4ccccc4NC3=O)CC2)C(=O)N2CCC(c3ccc(F)cc3)CC2)cc2cn[nH]c12. The molecule has 11 heteroatoms. The second kappa shape index (κ2) is 13.7. The van der Waals surface area contributed by atoms with Gasteiger partial charge in [-0.25, -0.2) is 14.0 Å². The van der Waals surface area contributed by atoms with Crippen LogP contribution in [0.2, 0.25) is 0 Å². The zero-order chi connectivity index (χ0) is 33.2. The second-order valence-corrected chi connectivity index (χ2v) is 13.2. The summed E-state index contributed by atoms with van der Waals surface area (Å²) in [5.74, 6) is -0.229. The Balaban J connectivity index is 1.01. The Bertz CT molecular complexity index is 1790. The third-order valence-corrected chi connectivity index (χ3v) is 10.2. The summed E-state index contributed by atoms with van der Waals surface area (Å²) in [7, 11) is 0. The van der Waals surface area contributed by atoms with E-state index in [1.165, 1.54) is 12.1 Å². The van der Waals surface area contributed by atoms with Crippen LogP contribution in [-0.4, -0.2) is 87.8 Å². The molecule has 4 amide bonds. The quantitative estimate of drug-likeness (QED) is 0.265. The predicted molar refractivity (Wildman–Crippen MR) is 180 cm³/mol. The molecule has 0 spiro atoms. The standard InChI is InChI=1S/C37H41FN6O4/c1-24-20-25(21-29-23-39-41-34(24)29)22-33(35(45)42-15-10-27(11-16-42)26-6-8-30(38)9-7-26)48-37(47)43-17-13-31(14-18-43)44-19-12-28-4-2-3-5-32(28)40-36(44)46/h2-9,20-21,23,27,31,33H,10-19,22H2,1H3,(H,39,41)(H,40,46). The van der Waals surface area contributed by atoms with Crippen LogP contribution in [0.15, 0.2) is 66.9 Å². The molecule has 1 unspecified atom stereocenters. The number of aryl methyl sites for hydroxylation is 1. The lowest BCUT2D eigenvalue weighted by molar-refractivity contribution is -0.142. The number of hydrogen-bond donors (Lipinski definition) is 2. The van der Waals surface area contributed by atoms with Crippen molar-refractivity contribution in [3.05, 3.63) is 94.9 Å². The number of carbonyl (C=O) groups excluding carboxylic acids is 3. The van der Waals surface area contributed by atoms with Gasteiger partial charge in [0.25, 0.3) is 5.91 Å².